The molecule has 0 fully saturated rings. The lowest BCUT2D eigenvalue weighted by molar-refractivity contribution is -0.349. The van der Waals surface area contributed by atoms with E-state index in [2.05, 4.69) is 13.8 Å². The van der Waals surface area contributed by atoms with Crippen LogP contribution in [0.15, 0.2) is 0 Å². The third-order valence-electron chi connectivity index (χ3n) is 1.55. The zero-order valence-electron chi connectivity index (χ0n) is 8.97. The quantitative estimate of drug-likeness (QED) is 0.433. The van der Waals surface area contributed by atoms with E-state index in [1.54, 1.807) is 0 Å². The van der Waals surface area contributed by atoms with Crippen LogP contribution in [0, 0.1) is 6.92 Å². The van der Waals surface area contributed by atoms with E-state index in [4.69, 9.17) is 14.2 Å². The van der Waals surface area contributed by atoms with Gasteiger partial charge in [0.2, 0.25) is 0 Å². The summed E-state index contributed by atoms with van der Waals surface area (Å²) < 4.78 is 15.9. The lowest BCUT2D eigenvalue weighted by Gasteiger charge is -2.28. The van der Waals surface area contributed by atoms with Crippen molar-refractivity contribution < 1.29 is 14.2 Å². The maximum atomic E-state index is 5.40. The fourth-order valence-corrected chi connectivity index (χ4v) is 0.937. The average Bonchev–Trinajstić information content (AvgIpc) is 2.05. The van der Waals surface area contributed by atoms with Crippen LogP contribution in [0.1, 0.15) is 33.6 Å². The maximum absolute atomic E-state index is 5.40. The highest BCUT2D eigenvalue weighted by Crippen LogP contribution is 2.14. The van der Waals surface area contributed by atoms with Gasteiger partial charge < -0.3 is 14.2 Å². The summed E-state index contributed by atoms with van der Waals surface area (Å²) >= 11 is 0. The lowest BCUT2D eigenvalue weighted by Crippen LogP contribution is -2.36. The number of hydrogen-bond donors (Lipinski definition) is 0. The van der Waals surface area contributed by atoms with E-state index >= 15 is 0 Å². The first-order valence-corrected chi connectivity index (χ1v) is 4.95. The minimum atomic E-state index is -1.10. The Morgan fingerprint density at radius 2 is 1.54 bits per heavy atom. The van der Waals surface area contributed by atoms with Crippen molar-refractivity contribution in [2.75, 3.05) is 19.8 Å². The summed E-state index contributed by atoms with van der Waals surface area (Å²) in [6, 6.07) is 0. The third-order valence-corrected chi connectivity index (χ3v) is 1.55. The predicted molar refractivity (Wildman–Crippen MR) is 52.2 cm³/mol. The van der Waals surface area contributed by atoms with Crippen molar-refractivity contribution >= 4 is 0 Å². The van der Waals surface area contributed by atoms with Crippen LogP contribution < -0.4 is 0 Å². The molecule has 0 saturated heterocycles. The Labute approximate surface area is 81.4 Å². The molecule has 0 aromatic carbocycles. The van der Waals surface area contributed by atoms with Crippen molar-refractivity contribution in [1.82, 2.24) is 0 Å². The fraction of sp³-hybridized carbons (Fsp3) is 0.900. The number of rotatable bonds is 8. The molecule has 0 saturated carbocycles. The largest absolute Gasteiger partial charge is 0.328 e. The van der Waals surface area contributed by atoms with Crippen molar-refractivity contribution in [3.05, 3.63) is 6.92 Å². The van der Waals surface area contributed by atoms with Crippen LogP contribution in [0.25, 0.3) is 0 Å². The van der Waals surface area contributed by atoms with E-state index in [1.807, 2.05) is 13.8 Å². The van der Waals surface area contributed by atoms with Gasteiger partial charge >= 0.3 is 0 Å². The second kappa shape index (κ2) is 7.30. The normalized spacial score (nSPS) is 12.0. The molecule has 0 heterocycles. The summed E-state index contributed by atoms with van der Waals surface area (Å²) in [5.74, 6) is -1.10. The highest BCUT2D eigenvalue weighted by atomic mass is 16.9. The second-order valence-corrected chi connectivity index (χ2v) is 2.75. The minimum absolute atomic E-state index is 0.537. The molecule has 0 rings (SSSR count). The number of unbranched alkanes of at least 4 members (excludes halogenated alkanes) is 1. The van der Waals surface area contributed by atoms with Gasteiger partial charge in [-0.1, -0.05) is 13.3 Å². The second-order valence-electron chi connectivity index (χ2n) is 2.75. The molecule has 3 nitrogen and oxygen atoms in total. The van der Waals surface area contributed by atoms with E-state index in [0.717, 1.165) is 12.8 Å². The van der Waals surface area contributed by atoms with E-state index in [9.17, 15) is 0 Å². The summed E-state index contributed by atoms with van der Waals surface area (Å²) in [7, 11) is 0. The Morgan fingerprint density at radius 3 is 1.92 bits per heavy atom. The fourth-order valence-electron chi connectivity index (χ4n) is 0.937. The molecule has 1 radical (unpaired) electrons. The van der Waals surface area contributed by atoms with Crippen molar-refractivity contribution in [2.24, 2.45) is 0 Å². The molecule has 0 atom stereocenters. The summed E-state index contributed by atoms with van der Waals surface area (Å²) in [6.07, 6.45) is 2.09. The summed E-state index contributed by atoms with van der Waals surface area (Å²) in [6.45, 7) is 11.3. The lowest BCUT2D eigenvalue weighted by atomic mass is 10.4. The van der Waals surface area contributed by atoms with Gasteiger partial charge in [0, 0.05) is 20.1 Å². The molecule has 0 bridgehead atoms. The molecule has 0 spiro atoms. The van der Waals surface area contributed by atoms with Gasteiger partial charge in [0.1, 0.15) is 0 Å². The zero-order valence-corrected chi connectivity index (χ0v) is 8.97. The first-order valence-electron chi connectivity index (χ1n) is 4.95. The third kappa shape index (κ3) is 6.02. The summed E-state index contributed by atoms with van der Waals surface area (Å²) in [4.78, 5) is 0. The molecule has 0 aliphatic heterocycles. The Balaban J connectivity index is 3.76. The van der Waals surface area contributed by atoms with Gasteiger partial charge in [-0.15, -0.1) is 0 Å². The highest BCUT2D eigenvalue weighted by molar-refractivity contribution is 4.59. The molecule has 0 N–H and O–H groups in total. The zero-order chi connectivity index (χ0) is 10.2. The van der Waals surface area contributed by atoms with Gasteiger partial charge in [-0.25, -0.2) is 0 Å². The molecule has 0 aromatic heterocycles. The topological polar surface area (TPSA) is 27.7 Å². The van der Waals surface area contributed by atoms with Crippen LogP contribution in [-0.4, -0.2) is 25.8 Å². The van der Waals surface area contributed by atoms with Crippen molar-refractivity contribution in [2.45, 2.75) is 39.6 Å². The van der Waals surface area contributed by atoms with Gasteiger partial charge in [-0.2, -0.15) is 0 Å². The van der Waals surface area contributed by atoms with Crippen LogP contribution >= 0.6 is 0 Å². The summed E-state index contributed by atoms with van der Waals surface area (Å²) in [5.41, 5.74) is 0. The van der Waals surface area contributed by atoms with E-state index < -0.39 is 5.97 Å². The molecule has 0 aliphatic carbocycles. The first kappa shape index (κ1) is 12.9. The van der Waals surface area contributed by atoms with Crippen LogP contribution in [0.3, 0.4) is 0 Å². The molecular weight excluding hydrogens is 168 g/mol. The van der Waals surface area contributed by atoms with Crippen molar-refractivity contribution in [3.63, 3.8) is 0 Å². The smallest absolute Gasteiger partial charge is 0.283 e. The van der Waals surface area contributed by atoms with E-state index in [1.165, 1.54) is 0 Å². The van der Waals surface area contributed by atoms with E-state index in [-0.39, 0.29) is 0 Å². The van der Waals surface area contributed by atoms with Crippen molar-refractivity contribution in [1.29, 1.82) is 0 Å². The van der Waals surface area contributed by atoms with Gasteiger partial charge in [-0.05, 0) is 20.3 Å². The molecule has 0 unspecified atom stereocenters. The van der Waals surface area contributed by atoms with Crippen LogP contribution in [0.5, 0.6) is 0 Å². The van der Waals surface area contributed by atoms with Crippen LogP contribution in [-0.2, 0) is 14.2 Å². The SMILES string of the molecule is [CH2]C(OCC)(OCC)OCCCC. The Bertz CT molecular complexity index is 109. The van der Waals surface area contributed by atoms with Gasteiger partial charge in [-0.3, -0.25) is 0 Å². The Hall–Kier alpha value is -0.120. The summed E-state index contributed by atoms with van der Waals surface area (Å²) in [5, 5.41) is 0. The van der Waals surface area contributed by atoms with Gasteiger partial charge in [0.25, 0.3) is 5.97 Å². The standard InChI is InChI=1S/C10H21O3/c1-5-8-9-13-10(4,11-6-2)12-7-3/h4-9H2,1-3H3. The van der Waals surface area contributed by atoms with Crippen LogP contribution in [0.4, 0.5) is 0 Å². The number of hydrogen-bond acceptors (Lipinski definition) is 3. The van der Waals surface area contributed by atoms with Crippen LogP contribution in [0.2, 0.25) is 0 Å². The average molecular weight is 189 g/mol. The van der Waals surface area contributed by atoms with Crippen molar-refractivity contribution in [3.8, 4) is 0 Å². The molecule has 13 heavy (non-hydrogen) atoms. The first-order chi connectivity index (χ1) is 6.18. The number of ether oxygens (including phenoxy) is 3. The monoisotopic (exact) mass is 189 g/mol. The van der Waals surface area contributed by atoms with Gasteiger partial charge in [0.05, 0.1) is 6.61 Å². The Kier molecular flexibility index (Phi) is 7.23. The minimum Gasteiger partial charge on any atom is -0.328 e. The predicted octanol–water partition coefficient (Wildman–Crippen LogP) is 2.36. The van der Waals surface area contributed by atoms with Gasteiger partial charge in [0.15, 0.2) is 0 Å². The Morgan fingerprint density at radius 1 is 1.00 bits per heavy atom. The maximum Gasteiger partial charge on any atom is 0.283 e. The molecule has 0 amide bonds. The molecule has 0 aliphatic rings. The highest BCUT2D eigenvalue weighted by Gasteiger charge is 2.25. The molecule has 0 aromatic rings. The van der Waals surface area contributed by atoms with E-state index in [0.29, 0.717) is 19.8 Å². The molecule has 3 heteroatoms. The molecular formula is C10H21O3. The molecule has 79 valence electrons.